The van der Waals surface area contributed by atoms with E-state index < -0.39 is 0 Å². The standard InChI is InChI=1S/C12H17Cl2N3/c1-9-8-17(4-3-16(9)2)12-5-10(6-13)11(14)7-15-12/h5,7,9H,3-4,6,8H2,1-2H3. The third kappa shape index (κ3) is 2.84. The zero-order valence-corrected chi connectivity index (χ0v) is 11.7. The minimum absolute atomic E-state index is 0.428. The molecule has 1 fully saturated rings. The molecule has 2 rings (SSSR count). The van der Waals surface area contributed by atoms with Crippen LogP contribution >= 0.6 is 23.2 Å². The van der Waals surface area contributed by atoms with Crippen molar-refractivity contribution in [1.29, 1.82) is 0 Å². The Morgan fingerprint density at radius 1 is 1.47 bits per heavy atom. The van der Waals surface area contributed by atoms with Crippen LogP contribution in [0.4, 0.5) is 5.82 Å². The lowest BCUT2D eigenvalue weighted by atomic mass is 10.2. The van der Waals surface area contributed by atoms with E-state index in [0.29, 0.717) is 16.9 Å². The van der Waals surface area contributed by atoms with Crippen LogP contribution in [0.25, 0.3) is 0 Å². The van der Waals surface area contributed by atoms with Gasteiger partial charge in [-0.05, 0) is 25.6 Å². The first-order chi connectivity index (χ1) is 8.11. The smallest absolute Gasteiger partial charge is 0.128 e. The summed E-state index contributed by atoms with van der Waals surface area (Å²) >= 11 is 11.9. The summed E-state index contributed by atoms with van der Waals surface area (Å²) in [6.45, 7) is 5.27. The number of pyridine rings is 1. The second-order valence-corrected chi connectivity index (χ2v) is 5.22. The summed E-state index contributed by atoms with van der Waals surface area (Å²) in [4.78, 5) is 9.03. The minimum Gasteiger partial charge on any atom is -0.354 e. The van der Waals surface area contributed by atoms with E-state index in [9.17, 15) is 0 Å². The van der Waals surface area contributed by atoms with Crippen LogP contribution in [-0.2, 0) is 5.88 Å². The summed E-state index contributed by atoms with van der Waals surface area (Å²) in [7, 11) is 2.15. The predicted octanol–water partition coefficient (Wildman–Crippen LogP) is 2.61. The number of aromatic nitrogens is 1. The number of anilines is 1. The van der Waals surface area contributed by atoms with Gasteiger partial charge in [-0.25, -0.2) is 4.98 Å². The molecule has 0 N–H and O–H groups in total. The van der Waals surface area contributed by atoms with Crippen LogP contribution in [0.15, 0.2) is 12.3 Å². The van der Waals surface area contributed by atoms with Crippen molar-refractivity contribution < 1.29 is 0 Å². The molecule has 0 spiro atoms. The molecule has 17 heavy (non-hydrogen) atoms. The van der Waals surface area contributed by atoms with Gasteiger partial charge in [0, 0.05) is 37.8 Å². The van der Waals surface area contributed by atoms with Gasteiger partial charge in [0.15, 0.2) is 0 Å². The van der Waals surface area contributed by atoms with E-state index in [1.165, 1.54) is 0 Å². The maximum atomic E-state index is 6.01. The number of alkyl halides is 1. The second kappa shape index (κ2) is 5.42. The van der Waals surface area contributed by atoms with E-state index in [0.717, 1.165) is 31.0 Å². The molecule has 0 radical (unpaired) electrons. The number of halogens is 2. The minimum atomic E-state index is 0.428. The lowest BCUT2D eigenvalue weighted by Gasteiger charge is -2.38. The molecule has 1 aromatic rings. The van der Waals surface area contributed by atoms with Crippen molar-refractivity contribution in [2.45, 2.75) is 18.8 Å². The molecule has 2 heterocycles. The number of hydrogen-bond acceptors (Lipinski definition) is 3. The van der Waals surface area contributed by atoms with Crippen LogP contribution in [0.2, 0.25) is 5.02 Å². The zero-order valence-electron chi connectivity index (χ0n) is 10.2. The third-order valence-corrected chi connectivity index (χ3v) is 3.98. The molecule has 1 atom stereocenters. The first-order valence-electron chi connectivity index (χ1n) is 5.77. The normalized spacial score (nSPS) is 21.9. The topological polar surface area (TPSA) is 19.4 Å². The van der Waals surface area contributed by atoms with E-state index in [1.54, 1.807) is 6.20 Å². The Kier molecular flexibility index (Phi) is 4.13. The molecular formula is C12H17Cl2N3. The van der Waals surface area contributed by atoms with Gasteiger partial charge in [0.1, 0.15) is 5.82 Å². The maximum Gasteiger partial charge on any atom is 0.128 e. The van der Waals surface area contributed by atoms with Crippen molar-refractivity contribution in [3.63, 3.8) is 0 Å². The molecule has 5 heteroatoms. The quantitative estimate of drug-likeness (QED) is 0.773. The predicted molar refractivity (Wildman–Crippen MR) is 73.1 cm³/mol. The van der Waals surface area contributed by atoms with Gasteiger partial charge in [-0.1, -0.05) is 11.6 Å². The summed E-state index contributed by atoms with van der Waals surface area (Å²) in [5, 5.41) is 0.644. The number of hydrogen-bond donors (Lipinski definition) is 0. The van der Waals surface area contributed by atoms with Crippen molar-refractivity contribution in [2.24, 2.45) is 0 Å². The highest BCUT2D eigenvalue weighted by Gasteiger charge is 2.21. The molecule has 0 aliphatic carbocycles. The molecule has 0 aromatic carbocycles. The van der Waals surface area contributed by atoms with Crippen LogP contribution in [0.1, 0.15) is 12.5 Å². The highest BCUT2D eigenvalue weighted by molar-refractivity contribution is 6.32. The van der Waals surface area contributed by atoms with Crippen LogP contribution in [0.5, 0.6) is 0 Å². The number of rotatable bonds is 2. The highest BCUT2D eigenvalue weighted by Crippen LogP contribution is 2.23. The molecule has 1 aliphatic heterocycles. The average molecular weight is 274 g/mol. The number of likely N-dealkylation sites (N-methyl/N-ethyl adjacent to an activating group) is 1. The SMILES string of the molecule is CC1CN(c2cc(CCl)c(Cl)cn2)CCN1C. The summed E-state index contributed by atoms with van der Waals surface area (Å²) in [6, 6.07) is 2.54. The first-order valence-corrected chi connectivity index (χ1v) is 6.68. The van der Waals surface area contributed by atoms with Crippen molar-refractivity contribution in [3.8, 4) is 0 Å². The molecule has 0 saturated carbocycles. The van der Waals surface area contributed by atoms with E-state index in [-0.39, 0.29) is 0 Å². The summed E-state index contributed by atoms with van der Waals surface area (Å²) in [5.74, 6) is 1.41. The molecular weight excluding hydrogens is 257 g/mol. The molecule has 1 unspecified atom stereocenters. The van der Waals surface area contributed by atoms with E-state index >= 15 is 0 Å². The van der Waals surface area contributed by atoms with Gasteiger partial charge in [-0.3, -0.25) is 0 Å². The molecule has 1 saturated heterocycles. The molecule has 94 valence electrons. The fourth-order valence-corrected chi connectivity index (χ4v) is 2.46. The Morgan fingerprint density at radius 3 is 2.88 bits per heavy atom. The van der Waals surface area contributed by atoms with Crippen molar-refractivity contribution >= 4 is 29.0 Å². The third-order valence-electron chi connectivity index (χ3n) is 3.35. The Bertz CT molecular complexity index is 397. The van der Waals surface area contributed by atoms with Crippen molar-refractivity contribution in [2.75, 3.05) is 31.6 Å². The van der Waals surface area contributed by atoms with Gasteiger partial charge >= 0.3 is 0 Å². The second-order valence-electron chi connectivity index (χ2n) is 4.54. The van der Waals surface area contributed by atoms with Gasteiger partial charge in [0.25, 0.3) is 0 Å². The summed E-state index contributed by atoms with van der Waals surface area (Å²) < 4.78 is 0. The van der Waals surface area contributed by atoms with Crippen LogP contribution in [-0.4, -0.2) is 42.6 Å². The summed E-state index contributed by atoms with van der Waals surface area (Å²) in [5.41, 5.74) is 0.949. The Morgan fingerprint density at radius 2 is 2.24 bits per heavy atom. The molecule has 3 nitrogen and oxygen atoms in total. The van der Waals surface area contributed by atoms with E-state index in [4.69, 9.17) is 23.2 Å². The Balaban J connectivity index is 2.17. The van der Waals surface area contributed by atoms with Gasteiger partial charge in [-0.15, -0.1) is 11.6 Å². The maximum absolute atomic E-state index is 6.01. The number of piperazine rings is 1. The van der Waals surface area contributed by atoms with E-state index in [1.807, 2.05) is 6.07 Å². The molecule has 0 bridgehead atoms. The average Bonchev–Trinajstić information content (AvgIpc) is 2.33. The van der Waals surface area contributed by atoms with E-state index in [2.05, 4.69) is 28.8 Å². The largest absolute Gasteiger partial charge is 0.354 e. The van der Waals surface area contributed by atoms with Gasteiger partial charge in [0.05, 0.1) is 5.02 Å². The van der Waals surface area contributed by atoms with Gasteiger partial charge < -0.3 is 9.80 Å². The van der Waals surface area contributed by atoms with Gasteiger partial charge in [-0.2, -0.15) is 0 Å². The summed E-state index contributed by atoms with van der Waals surface area (Å²) in [6.07, 6.45) is 1.69. The van der Waals surface area contributed by atoms with Crippen LogP contribution < -0.4 is 4.90 Å². The molecule has 1 aromatic heterocycles. The Labute approximate surface area is 112 Å². The van der Waals surface area contributed by atoms with Gasteiger partial charge in [0.2, 0.25) is 0 Å². The first kappa shape index (κ1) is 12.9. The number of nitrogens with zero attached hydrogens (tertiary/aromatic N) is 3. The molecule has 1 aliphatic rings. The lowest BCUT2D eigenvalue weighted by molar-refractivity contribution is 0.233. The van der Waals surface area contributed by atoms with Crippen molar-refractivity contribution in [3.05, 3.63) is 22.8 Å². The monoisotopic (exact) mass is 273 g/mol. The van der Waals surface area contributed by atoms with Crippen LogP contribution in [0.3, 0.4) is 0 Å². The van der Waals surface area contributed by atoms with Crippen molar-refractivity contribution in [1.82, 2.24) is 9.88 Å². The molecule has 0 amide bonds. The van der Waals surface area contributed by atoms with Crippen LogP contribution in [0, 0.1) is 0 Å². The lowest BCUT2D eigenvalue weighted by Crippen LogP contribution is -2.50. The highest BCUT2D eigenvalue weighted by atomic mass is 35.5. The zero-order chi connectivity index (χ0) is 12.4. The fraction of sp³-hybridized carbons (Fsp3) is 0.583. The fourth-order valence-electron chi connectivity index (χ4n) is 2.00. The Hall–Kier alpha value is -0.510.